The molecule has 0 radical (unpaired) electrons. The maximum Gasteiger partial charge on any atom is 0.216 e. The summed E-state index contributed by atoms with van der Waals surface area (Å²) in [6.45, 7) is 13.0. The molecule has 1 aromatic rings. The number of pyridine rings is 1. The minimum atomic E-state index is -0.480. The molecular formula is C22H36N2O2. The van der Waals surface area contributed by atoms with Crippen LogP contribution in [0, 0.1) is 31.1 Å². The van der Waals surface area contributed by atoms with Crippen LogP contribution in [-0.4, -0.2) is 42.4 Å². The van der Waals surface area contributed by atoms with Crippen molar-refractivity contribution in [1.82, 2.24) is 9.88 Å². The molecule has 146 valence electrons. The summed E-state index contributed by atoms with van der Waals surface area (Å²) in [4.78, 5) is 19.6. The molecule has 4 nitrogen and oxygen atoms in total. The second-order valence-corrected chi connectivity index (χ2v) is 8.75. The fourth-order valence-electron chi connectivity index (χ4n) is 3.94. The Morgan fingerprint density at radius 3 is 2.73 bits per heavy atom. The van der Waals surface area contributed by atoms with Gasteiger partial charge in [0.15, 0.2) is 0 Å². The third-order valence-corrected chi connectivity index (χ3v) is 5.85. The lowest BCUT2D eigenvalue weighted by Crippen LogP contribution is -2.38. The lowest BCUT2D eigenvalue weighted by molar-refractivity contribution is -0.129. The minimum absolute atomic E-state index is 0.302. The smallest absolute Gasteiger partial charge is 0.216 e. The number of ketones is 1. The van der Waals surface area contributed by atoms with Crippen LogP contribution in [-0.2, 0) is 4.79 Å². The van der Waals surface area contributed by atoms with Crippen molar-refractivity contribution >= 4 is 5.78 Å². The van der Waals surface area contributed by atoms with Crippen LogP contribution < -0.4 is 4.74 Å². The molecule has 1 aliphatic heterocycles. The highest BCUT2D eigenvalue weighted by Gasteiger charge is 2.31. The van der Waals surface area contributed by atoms with Crippen molar-refractivity contribution in [2.45, 2.75) is 60.3 Å². The standard InChI is InChI=1S/C22H36N2O2/c1-7-18-14-24(6)11-10-19(18)8-9-20(25)22(4,5)15-26-21-17(3)12-16(2)13-23-21/h12-13,18-19H,7-11,14-15H2,1-6H3/t18-,19-/m0/s1. The molecule has 0 bridgehead atoms. The number of piperidine rings is 1. The van der Waals surface area contributed by atoms with Crippen LogP contribution in [0.25, 0.3) is 0 Å². The second kappa shape index (κ2) is 8.98. The fourth-order valence-corrected chi connectivity index (χ4v) is 3.94. The molecule has 2 atom stereocenters. The van der Waals surface area contributed by atoms with Crippen LogP contribution in [0.1, 0.15) is 57.6 Å². The maximum atomic E-state index is 12.8. The normalized spacial score (nSPS) is 21.6. The molecule has 0 unspecified atom stereocenters. The average Bonchev–Trinajstić information content (AvgIpc) is 2.59. The molecule has 0 saturated carbocycles. The van der Waals surface area contributed by atoms with E-state index in [4.69, 9.17) is 4.74 Å². The number of hydrogen-bond acceptors (Lipinski definition) is 4. The molecule has 2 rings (SSSR count). The summed E-state index contributed by atoms with van der Waals surface area (Å²) in [5, 5.41) is 0. The highest BCUT2D eigenvalue weighted by molar-refractivity contribution is 5.84. The van der Waals surface area contributed by atoms with E-state index in [9.17, 15) is 4.79 Å². The van der Waals surface area contributed by atoms with E-state index < -0.39 is 5.41 Å². The van der Waals surface area contributed by atoms with E-state index in [0.29, 0.717) is 30.6 Å². The van der Waals surface area contributed by atoms with Gasteiger partial charge in [0.05, 0.1) is 5.41 Å². The largest absolute Gasteiger partial charge is 0.476 e. The molecule has 1 fully saturated rings. The molecule has 0 spiro atoms. The number of carbonyl (C=O) groups excluding carboxylic acids is 1. The Morgan fingerprint density at radius 2 is 2.08 bits per heavy atom. The zero-order valence-corrected chi connectivity index (χ0v) is 17.5. The van der Waals surface area contributed by atoms with E-state index in [0.717, 1.165) is 30.0 Å². The molecule has 4 heteroatoms. The molecule has 2 heterocycles. The van der Waals surface area contributed by atoms with Gasteiger partial charge in [-0.05, 0) is 77.6 Å². The Labute approximate surface area is 159 Å². The topological polar surface area (TPSA) is 42.4 Å². The Kier molecular flexibility index (Phi) is 7.22. The molecule has 1 saturated heterocycles. The van der Waals surface area contributed by atoms with E-state index >= 15 is 0 Å². The van der Waals surface area contributed by atoms with Gasteiger partial charge < -0.3 is 9.64 Å². The molecule has 0 amide bonds. The summed E-state index contributed by atoms with van der Waals surface area (Å²) in [5.41, 5.74) is 1.66. The first kappa shape index (κ1) is 20.9. The predicted molar refractivity (Wildman–Crippen MR) is 107 cm³/mol. The number of ether oxygens (including phenoxy) is 1. The molecule has 0 aromatic carbocycles. The lowest BCUT2D eigenvalue weighted by Gasteiger charge is -2.36. The highest BCUT2D eigenvalue weighted by atomic mass is 16.5. The Morgan fingerprint density at radius 1 is 1.35 bits per heavy atom. The molecular weight excluding hydrogens is 324 g/mol. The minimum Gasteiger partial charge on any atom is -0.476 e. The van der Waals surface area contributed by atoms with Gasteiger partial charge in [-0.3, -0.25) is 4.79 Å². The Balaban J connectivity index is 1.86. The van der Waals surface area contributed by atoms with Crippen LogP contribution in [0.5, 0.6) is 5.88 Å². The van der Waals surface area contributed by atoms with Crippen molar-refractivity contribution in [2.24, 2.45) is 17.3 Å². The monoisotopic (exact) mass is 360 g/mol. The zero-order valence-electron chi connectivity index (χ0n) is 17.5. The van der Waals surface area contributed by atoms with Gasteiger partial charge in [0.25, 0.3) is 0 Å². The molecule has 0 N–H and O–H groups in total. The van der Waals surface area contributed by atoms with Crippen molar-refractivity contribution < 1.29 is 9.53 Å². The first-order valence-corrected chi connectivity index (χ1v) is 10.0. The van der Waals surface area contributed by atoms with E-state index in [-0.39, 0.29) is 0 Å². The van der Waals surface area contributed by atoms with Crippen molar-refractivity contribution in [3.63, 3.8) is 0 Å². The summed E-state index contributed by atoms with van der Waals surface area (Å²) >= 11 is 0. The van der Waals surface area contributed by atoms with Gasteiger partial charge in [0.2, 0.25) is 5.88 Å². The summed E-state index contributed by atoms with van der Waals surface area (Å²) in [6, 6.07) is 2.06. The van der Waals surface area contributed by atoms with Crippen LogP contribution in [0.2, 0.25) is 0 Å². The third kappa shape index (κ3) is 5.54. The van der Waals surface area contributed by atoms with E-state index in [1.807, 2.05) is 33.9 Å². The molecule has 0 aliphatic carbocycles. The summed E-state index contributed by atoms with van der Waals surface area (Å²) in [7, 11) is 2.20. The van der Waals surface area contributed by atoms with Gasteiger partial charge in [-0.1, -0.05) is 13.3 Å². The number of nitrogens with zero attached hydrogens (tertiary/aromatic N) is 2. The average molecular weight is 361 g/mol. The summed E-state index contributed by atoms with van der Waals surface area (Å²) in [6.07, 6.45) is 5.89. The SMILES string of the molecule is CC[C@H]1CN(C)CC[C@@H]1CCC(=O)C(C)(C)COc1ncc(C)cc1C. The van der Waals surface area contributed by atoms with Crippen LogP contribution >= 0.6 is 0 Å². The summed E-state index contributed by atoms with van der Waals surface area (Å²) in [5.74, 6) is 2.34. The predicted octanol–water partition coefficient (Wildman–Crippen LogP) is 4.43. The van der Waals surface area contributed by atoms with Crippen LogP contribution in [0.4, 0.5) is 0 Å². The van der Waals surface area contributed by atoms with Crippen molar-refractivity contribution in [3.05, 3.63) is 23.4 Å². The quantitative estimate of drug-likeness (QED) is 0.688. The molecule has 1 aromatic heterocycles. The number of Topliss-reactive ketones (excluding diaryl/α,β-unsaturated/α-hetero) is 1. The van der Waals surface area contributed by atoms with Crippen molar-refractivity contribution in [3.8, 4) is 5.88 Å². The van der Waals surface area contributed by atoms with Crippen molar-refractivity contribution in [1.29, 1.82) is 0 Å². The highest BCUT2D eigenvalue weighted by Crippen LogP contribution is 2.31. The number of aryl methyl sites for hydroxylation is 2. The van der Waals surface area contributed by atoms with Crippen LogP contribution in [0.15, 0.2) is 12.3 Å². The summed E-state index contributed by atoms with van der Waals surface area (Å²) < 4.78 is 5.89. The first-order chi connectivity index (χ1) is 12.2. The Hall–Kier alpha value is -1.42. The fraction of sp³-hybridized carbons (Fsp3) is 0.727. The van der Waals surface area contributed by atoms with Gasteiger partial charge in [-0.15, -0.1) is 0 Å². The number of carbonyl (C=O) groups is 1. The van der Waals surface area contributed by atoms with Gasteiger partial charge in [-0.25, -0.2) is 4.98 Å². The van der Waals surface area contributed by atoms with E-state index in [1.54, 1.807) is 0 Å². The lowest BCUT2D eigenvalue weighted by atomic mass is 9.78. The van der Waals surface area contributed by atoms with Gasteiger partial charge in [0.1, 0.15) is 12.4 Å². The van der Waals surface area contributed by atoms with Crippen LogP contribution in [0.3, 0.4) is 0 Å². The first-order valence-electron chi connectivity index (χ1n) is 10.0. The molecule has 26 heavy (non-hydrogen) atoms. The second-order valence-electron chi connectivity index (χ2n) is 8.75. The molecule has 1 aliphatic rings. The third-order valence-electron chi connectivity index (χ3n) is 5.85. The number of likely N-dealkylation sites (tertiary alicyclic amines) is 1. The van der Waals surface area contributed by atoms with Gasteiger partial charge in [-0.2, -0.15) is 0 Å². The van der Waals surface area contributed by atoms with Gasteiger partial charge in [0, 0.05) is 24.7 Å². The van der Waals surface area contributed by atoms with E-state index in [2.05, 4.69) is 29.9 Å². The maximum absolute atomic E-state index is 12.8. The van der Waals surface area contributed by atoms with E-state index in [1.165, 1.54) is 19.4 Å². The van der Waals surface area contributed by atoms with Gasteiger partial charge >= 0.3 is 0 Å². The Bertz CT molecular complexity index is 612. The number of hydrogen-bond donors (Lipinski definition) is 0. The number of rotatable bonds is 8. The zero-order chi connectivity index (χ0) is 19.3. The number of aromatic nitrogens is 1. The van der Waals surface area contributed by atoms with Crippen molar-refractivity contribution in [2.75, 3.05) is 26.7 Å².